The molecule has 0 aliphatic carbocycles. The number of aromatic nitrogens is 2. The molecular formula is C16H19Cl2N3O. The number of hydrogen-bond acceptors (Lipinski definition) is 4. The van der Waals surface area contributed by atoms with Crippen LogP contribution in [0.3, 0.4) is 0 Å². The summed E-state index contributed by atoms with van der Waals surface area (Å²) in [6.07, 6.45) is 1.56. The summed E-state index contributed by atoms with van der Waals surface area (Å²) in [5.74, 6) is 0.840. The predicted octanol–water partition coefficient (Wildman–Crippen LogP) is 4.56. The first-order valence-electron chi connectivity index (χ1n) is 7.29. The van der Waals surface area contributed by atoms with Gasteiger partial charge in [-0.25, -0.2) is 9.97 Å². The summed E-state index contributed by atoms with van der Waals surface area (Å²) in [7, 11) is 0. The number of nitrogens with two attached hydrogens (primary N) is 1. The summed E-state index contributed by atoms with van der Waals surface area (Å²) in [6, 6.07) is 3.43. The number of nitrogens with zero attached hydrogens (tertiary/aromatic N) is 2. The number of ether oxygens (including phenoxy) is 1. The van der Waals surface area contributed by atoms with Crippen molar-refractivity contribution in [3.8, 4) is 17.0 Å². The molecule has 1 aromatic carbocycles. The lowest BCUT2D eigenvalue weighted by molar-refractivity contribution is 0.341. The summed E-state index contributed by atoms with van der Waals surface area (Å²) in [5.41, 5.74) is 9.26. The minimum atomic E-state index is 0.234. The molecule has 2 rings (SSSR count). The van der Waals surface area contributed by atoms with E-state index in [2.05, 4.69) is 16.9 Å². The first-order chi connectivity index (χ1) is 10.5. The number of halogens is 2. The van der Waals surface area contributed by atoms with Crippen LogP contribution in [0.4, 0.5) is 5.95 Å². The van der Waals surface area contributed by atoms with E-state index in [9.17, 15) is 0 Å². The van der Waals surface area contributed by atoms with Gasteiger partial charge >= 0.3 is 0 Å². The molecule has 22 heavy (non-hydrogen) atoms. The molecule has 2 N–H and O–H groups in total. The topological polar surface area (TPSA) is 61.0 Å². The van der Waals surface area contributed by atoms with E-state index in [1.165, 1.54) is 0 Å². The Labute approximate surface area is 140 Å². The van der Waals surface area contributed by atoms with E-state index in [-0.39, 0.29) is 5.95 Å². The Morgan fingerprint density at radius 2 is 1.82 bits per heavy atom. The van der Waals surface area contributed by atoms with Gasteiger partial charge in [-0.1, -0.05) is 37.0 Å². The lowest BCUT2D eigenvalue weighted by Crippen LogP contribution is -2.07. The van der Waals surface area contributed by atoms with Gasteiger partial charge < -0.3 is 10.5 Å². The Morgan fingerprint density at radius 3 is 2.41 bits per heavy atom. The van der Waals surface area contributed by atoms with Crippen molar-refractivity contribution in [2.75, 3.05) is 12.3 Å². The highest BCUT2D eigenvalue weighted by Gasteiger charge is 2.20. The van der Waals surface area contributed by atoms with Crippen LogP contribution in [0.5, 0.6) is 5.75 Å². The van der Waals surface area contributed by atoms with E-state index in [4.69, 9.17) is 33.7 Å². The Hall–Kier alpha value is -1.52. The van der Waals surface area contributed by atoms with Gasteiger partial charge in [0, 0.05) is 16.3 Å². The third-order valence-corrected chi connectivity index (χ3v) is 3.87. The highest BCUT2D eigenvalue weighted by atomic mass is 35.5. The average molecular weight is 340 g/mol. The minimum Gasteiger partial charge on any atom is -0.493 e. The van der Waals surface area contributed by atoms with Crippen molar-refractivity contribution >= 4 is 29.2 Å². The molecule has 4 nitrogen and oxygen atoms in total. The summed E-state index contributed by atoms with van der Waals surface area (Å²) in [5, 5.41) is 1.01. The van der Waals surface area contributed by atoms with Gasteiger partial charge in [0.2, 0.25) is 5.95 Å². The molecule has 0 radical (unpaired) electrons. The Kier molecular flexibility index (Phi) is 5.48. The van der Waals surface area contributed by atoms with Crippen LogP contribution >= 0.6 is 23.2 Å². The summed E-state index contributed by atoms with van der Waals surface area (Å²) >= 11 is 12.5. The SMILES string of the molecule is CCOc1cc(Cl)cc(Cl)c1-c1nc(N)nc(CC)c1CC. The third kappa shape index (κ3) is 3.28. The van der Waals surface area contributed by atoms with E-state index >= 15 is 0 Å². The fourth-order valence-corrected chi connectivity index (χ4v) is 3.03. The molecule has 1 heterocycles. The smallest absolute Gasteiger partial charge is 0.220 e. The van der Waals surface area contributed by atoms with Crippen LogP contribution in [-0.4, -0.2) is 16.6 Å². The van der Waals surface area contributed by atoms with Crippen LogP contribution in [0, 0.1) is 0 Å². The van der Waals surface area contributed by atoms with E-state index in [0.717, 1.165) is 29.8 Å². The van der Waals surface area contributed by atoms with Crippen molar-refractivity contribution in [1.29, 1.82) is 0 Å². The van der Waals surface area contributed by atoms with Crippen LogP contribution in [-0.2, 0) is 12.8 Å². The molecule has 0 saturated heterocycles. The lowest BCUT2D eigenvalue weighted by atomic mass is 10.00. The van der Waals surface area contributed by atoms with Gasteiger partial charge in [-0.15, -0.1) is 0 Å². The molecular weight excluding hydrogens is 321 g/mol. The first kappa shape index (κ1) is 16.8. The summed E-state index contributed by atoms with van der Waals surface area (Å²) in [4.78, 5) is 8.74. The largest absolute Gasteiger partial charge is 0.493 e. The fourth-order valence-electron chi connectivity index (χ4n) is 2.47. The molecule has 0 spiro atoms. The van der Waals surface area contributed by atoms with Crippen molar-refractivity contribution in [3.63, 3.8) is 0 Å². The molecule has 0 unspecified atom stereocenters. The molecule has 0 aliphatic rings. The Morgan fingerprint density at radius 1 is 1.09 bits per heavy atom. The second kappa shape index (κ2) is 7.16. The molecule has 0 atom stereocenters. The molecule has 2 aromatic rings. The zero-order valence-corrected chi connectivity index (χ0v) is 14.4. The first-order valence-corrected chi connectivity index (χ1v) is 8.04. The maximum atomic E-state index is 6.42. The zero-order valence-electron chi connectivity index (χ0n) is 12.9. The molecule has 0 aliphatic heterocycles. The number of rotatable bonds is 5. The molecule has 6 heteroatoms. The molecule has 0 fully saturated rings. The van der Waals surface area contributed by atoms with Crippen molar-refractivity contribution in [3.05, 3.63) is 33.4 Å². The normalized spacial score (nSPS) is 10.8. The zero-order chi connectivity index (χ0) is 16.3. The van der Waals surface area contributed by atoms with Gasteiger partial charge in [-0.2, -0.15) is 0 Å². The van der Waals surface area contributed by atoms with Crippen LogP contribution < -0.4 is 10.5 Å². The average Bonchev–Trinajstić information content (AvgIpc) is 2.46. The predicted molar refractivity (Wildman–Crippen MR) is 91.8 cm³/mol. The maximum absolute atomic E-state index is 6.42. The standard InChI is InChI=1S/C16H19Cl2N3O/c1-4-10-12(5-2)20-16(19)21-15(10)14-11(18)7-9(17)8-13(14)22-6-3/h7-8H,4-6H2,1-3H3,(H2,19,20,21). The Bertz CT molecular complexity index is 690. The number of nitrogen functional groups attached to an aromatic ring is 1. The van der Waals surface area contributed by atoms with Crippen molar-refractivity contribution in [1.82, 2.24) is 9.97 Å². The maximum Gasteiger partial charge on any atom is 0.220 e. The fraction of sp³-hybridized carbons (Fsp3) is 0.375. The van der Waals surface area contributed by atoms with Gasteiger partial charge in [-0.05, 0) is 31.9 Å². The van der Waals surface area contributed by atoms with Gasteiger partial charge in [-0.3, -0.25) is 0 Å². The van der Waals surface area contributed by atoms with E-state index < -0.39 is 0 Å². The lowest BCUT2D eigenvalue weighted by Gasteiger charge is -2.17. The van der Waals surface area contributed by atoms with Crippen LogP contribution in [0.15, 0.2) is 12.1 Å². The summed E-state index contributed by atoms with van der Waals surface area (Å²) < 4.78 is 5.70. The minimum absolute atomic E-state index is 0.234. The van der Waals surface area contributed by atoms with Gasteiger partial charge in [0.25, 0.3) is 0 Å². The molecule has 0 saturated carbocycles. The van der Waals surface area contributed by atoms with Crippen molar-refractivity contribution < 1.29 is 4.74 Å². The van der Waals surface area contributed by atoms with E-state index in [1.807, 2.05) is 13.8 Å². The monoisotopic (exact) mass is 339 g/mol. The van der Waals surface area contributed by atoms with Crippen LogP contribution in [0.25, 0.3) is 11.3 Å². The van der Waals surface area contributed by atoms with Gasteiger partial charge in [0.05, 0.1) is 22.9 Å². The van der Waals surface area contributed by atoms with Gasteiger partial charge in [0.1, 0.15) is 5.75 Å². The molecule has 0 amide bonds. The highest BCUT2D eigenvalue weighted by molar-refractivity contribution is 6.37. The number of benzene rings is 1. The Balaban J connectivity index is 2.78. The van der Waals surface area contributed by atoms with Crippen molar-refractivity contribution in [2.24, 2.45) is 0 Å². The van der Waals surface area contributed by atoms with E-state index in [1.54, 1.807) is 12.1 Å². The van der Waals surface area contributed by atoms with Crippen molar-refractivity contribution in [2.45, 2.75) is 33.6 Å². The highest BCUT2D eigenvalue weighted by Crippen LogP contribution is 2.40. The number of hydrogen-bond donors (Lipinski definition) is 1. The summed E-state index contributed by atoms with van der Waals surface area (Å²) in [6.45, 7) is 6.51. The third-order valence-electron chi connectivity index (χ3n) is 3.35. The molecule has 0 bridgehead atoms. The van der Waals surface area contributed by atoms with Gasteiger partial charge in [0.15, 0.2) is 0 Å². The molecule has 1 aromatic heterocycles. The van der Waals surface area contributed by atoms with Crippen LogP contribution in [0.2, 0.25) is 10.0 Å². The number of aryl methyl sites for hydroxylation is 1. The number of anilines is 1. The van der Waals surface area contributed by atoms with Crippen LogP contribution in [0.1, 0.15) is 32.0 Å². The second-order valence-electron chi connectivity index (χ2n) is 4.76. The van der Waals surface area contributed by atoms with E-state index in [0.29, 0.717) is 28.0 Å². The second-order valence-corrected chi connectivity index (χ2v) is 5.60. The quantitative estimate of drug-likeness (QED) is 0.867. The molecule has 118 valence electrons.